The molecule has 0 radical (unpaired) electrons. The topological polar surface area (TPSA) is 17.1 Å². The number of hydrogen-bond acceptors (Lipinski definition) is 1. The highest BCUT2D eigenvalue weighted by Crippen LogP contribution is 2.17. The van der Waals surface area contributed by atoms with E-state index in [9.17, 15) is 4.79 Å². The number of rotatable bonds is 2. The quantitative estimate of drug-likeness (QED) is 0.610. The highest BCUT2D eigenvalue weighted by Gasteiger charge is 2.03. The Morgan fingerprint density at radius 3 is 2.33 bits per heavy atom. The molecule has 0 aliphatic heterocycles. The number of benzene rings is 1. The summed E-state index contributed by atoms with van der Waals surface area (Å²) in [7, 11) is 0. The van der Waals surface area contributed by atoms with Crippen LogP contribution in [0.5, 0.6) is 0 Å². The van der Waals surface area contributed by atoms with Gasteiger partial charge in [0.1, 0.15) is 6.29 Å². The van der Waals surface area contributed by atoms with Crippen LogP contribution in [-0.2, 0) is 11.2 Å². The van der Waals surface area contributed by atoms with Gasteiger partial charge in [0.15, 0.2) is 0 Å². The first-order chi connectivity index (χ1) is 5.66. The summed E-state index contributed by atoms with van der Waals surface area (Å²) < 4.78 is 0. The van der Waals surface area contributed by atoms with Gasteiger partial charge in [-0.2, -0.15) is 0 Å². The van der Waals surface area contributed by atoms with Crippen molar-refractivity contribution in [1.29, 1.82) is 0 Å². The van der Waals surface area contributed by atoms with Crippen LogP contribution in [0.25, 0.3) is 0 Å². The molecule has 0 saturated heterocycles. The molecule has 0 saturated carbocycles. The van der Waals surface area contributed by atoms with Crippen LogP contribution >= 0.6 is 0 Å². The van der Waals surface area contributed by atoms with E-state index in [2.05, 4.69) is 26.0 Å². The molecule has 12 heavy (non-hydrogen) atoms. The average Bonchev–Trinajstić information content (AvgIpc) is 2.06. The summed E-state index contributed by atoms with van der Waals surface area (Å²) >= 11 is 0. The van der Waals surface area contributed by atoms with Crippen molar-refractivity contribution in [3.63, 3.8) is 0 Å². The van der Waals surface area contributed by atoms with Crippen LogP contribution in [0.15, 0.2) is 12.1 Å². The zero-order valence-electron chi connectivity index (χ0n) is 7.85. The van der Waals surface area contributed by atoms with Gasteiger partial charge in [0.25, 0.3) is 0 Å². The standard InChI is InChI=1S/C11H14O/c1-8-4-5-9(2)11(6-7-12)10(8)3/h4-5,7H,6H2,1-3H3. The number of carbonyl (C=O) groups excluding carboxylic acids is 1. The Balaban J connectivity index is 3.22. The van der Waals surface area contributed by atoms with E-state index in [1.807, 2.05) is 6.92 Å². The third kappa shape index (κ3) is 1.55. The number of carbonyl (C=O) groups is 1. The van der Waals surface area contributed by atoms with E-state index >= 15 is 0 Å². The van der Waals surface area contributed by atoms with Crippen molar-refractivity contribution in [1.82, 2.24) is 0 Å². The van der Waals surface area contributed by atoms with E-state index in [0.717, 1.165) is 6.29 Å². The van der Waals surface area contributed by atoms with Gasteiger partial charge < -0.3 is 4.79 Å². The van der Waals surface area contributed by atoms with E-state index in [1.165, 1.54) is 22.3 Å². The molecule has 0 aliphatic rings. The molecule has 0 amide bonds. The minimum atomic E-state index is 0.541. The minimum Gasteiger partial charge on any atom is -0.303 e. The largest absolute Gasteiger partial charge is 0.303 e. The molecule has 0 bridgehead atoms. The maximum atomic E-state index is 10.4. The summed E-state index contributed by atoms with van der Waals surface area (Å²) in [6.45, 7) is 6.19. The van der Waals surface area contributed by atoms with Crippen molar-refractivity contribution in [3.05, 3.63) is 34.4 Å². The second-order valence-corrected chi connectivity index (χ2v) is 3.17. The number of aldehydes is 1. The molecule has 0 spiro atoms. The summed E-state index contributed by atoms with van der Waals surface area (Å²) in [5.41, 5.74) is 4.91. The fraction of sp³-hybridized carbons (Fsp3) is 0.364. The van der Waals surface area contributed by atoms with Crippen LogP contribution in [0.3, 0.4) is 0 Å². The lowest BCUT2D eigenvalue weighted by atomic mass is 9.97. The smallest absolute Gasteiger partial charge is 0.124 e. The highest BCUT2D eigenvalue weighted by molar-refractivity contribution is 5.58. The SMILES string of the molecule is Cc1ccc(C)c(CC=O)c1C. The summed E-state index contributed by atoms with van der Waals surface area (Å²) in [5, 5.41) is 0. The predicted molar refractivity (Wildman–Crippen MR) is 50.4 cm³/mol. The van der Waals surface area contributed by atoms with Crippen LogP contribution in [0.2, 0.25) is 0 Å². The van der Waals surface area contributed by atoms with Crippen molar-refractivity contribution < 1.29 is 4.79 Å². The normalized spacial score (nSPS) is 9.92. The summed E-state index contributed by atoms with van der Waals surface area (Å²) in [5.74, 6) is 0. The van der Waals surface area contributed by atoms with Gasteiger partial charge in [-0.25, -0.2) is 0 Å². The Kier molecular flexibility index (Phi) is 2.64. The first kappa shape index (κ1) is 8.98. The molecule has 0 aliphatic carbocycles. The molecular weight excluding hydrogens is 148 g/mol. The van der Waals surface area contributed by atoms with Gasteiger partial charge in [0, 0.05) is 6.42 Å². The third-order valence-corrected chi connectivity index (χ3v) is 2.39. The van der Waals surface area contributed by atoms with E-state index < -0.39 is 0 Å². The molecular formula is C11H14O. The van der Waals surface area contributed by atoms with E-state index in [0.29, 0.717) is 6.42 Å². The zero-order chi connectivity index (χ0) is 9.14. The molecule has 0 unspecified atom stereocenters. The van der Waals surface area contributed by atoms with Gasteiger partial charge in [-0.15, -0.1) is 0 Å². The molecule has 0 heterocycles. The average molecular weight is 162 g/mol. The molecule has 0 fully saturated rings. The van der Waals surface area contributed by atoms with Gasteiger partial charge in [-0.1, -0.05) is 12.1 Å². The van der Waals surface area contributed by atoms with Crippen molar-refractivity contribution in [2.75, 3.05) is 0 Å². The Morgan fingerprint density at radius 1 is 1.17 bits per heavy atom. The van der Waals surface area contributed by atoms with Crippen LogP contribution in [0, 0.1) is 20.8 Å². The molecule has 0 aromatic heterocycles. The lowest BCUT2D eigenvalue weighted by Gasteiger charge is -2.08. The van der Waals surface area contributed by atoms with Crippen molar-refractivity contribution >= 4 is 6.29 Å². The first-order valence-electron chi connectivity index (χ1n) is 4.16. The van der Waals surface area contributed by atoms with Gasteiger partial charge >= 0.3 is 0 Å². The minimum absolute atomic E-state index is 0.541. The maximum absolute atomic E-state index is 10.4. The molecule has 1 rings (SSSR count). The highest BCUT2D eigenvalue weighted by atomic mass is 16.1. The van der Waals surface area contributed by atoms with Crippen LogP contribution in [-0.4, -0.2) is 6.29 Å². The molecule has 1 heteroatoms. The van der Waals surface area contributed by atoms with E-state index in [1.54, 1.807) is 0 Å². The Labute approximate surface area is 73.4 Å². The maximum Gasteiger partial charge on any atom is 0.124 e. The first-order valence-corrected chi connectivity index (χ1v) is 4.16. The molecule has 0 atom stereocenters. The van der Waals surface area contributed by atoms with Gasteiger partial charge in [-0.05, 0) is 43.0 Å². The Hall–Kier alpha value is -1.11. The predicted octanol–water partition coefficient (Wildman–Crippen LogP) is 2.35. The van der Waals surface area contributed by atoms with E-state index in [4.69, 9.17) is 0 Å². The third-order valence-electron chi connectivity index (χ3n) is 2.39. The van der Waals surface area contributed by atoms with Gasteiger partial charge in [-0.3, -0.25) is 0 Å². The molecule has 0 N–H and O–H groups in total. The number of aryl methyl sites for hydroxylation is 2. The Morgan fingerprint density at radius 2 is 1.75 bits per heavy atom. The lowest BCUT2D eigenvalue weighted by molar-refractivity contribution is -0.107. The van der Waals surface area contributed by atoms with E-state index in [-0.39, 0.29) is 0 Å². The zero-order valence-corrected chi connectivity index (χ0v) is 7.85. The van der Waals surface area contributed by atoms with Gasteiger partial charge in [0.05, 0.1) is 0 Å². The second kappa shape index (κ2) is 3.53. The summed E-state index contributed by atoms with van der Waals surface area (Å²) in [6, 6.07) is 4.17. The van der Waals surface area contributed by atoms with Crippen LogP contribution in [0.1, 0.15) is 22.3 Å². The monoisotopic (exact) mass is 162 g/mol. The summed E-state index contributed by atoms with van der Waals surface area (Å²) in [6.07, 6.45) is 1.51. The number of hydrogen-bond donors (Lipinski definition) is 0. The summed E-state index contributed by atoms with van der Waals surface area (Å²) in [4.78, 5) is 10.4. The molecule has 1 aromatic rings. The molecule has 1 nitrogen and oxygen atoms in total. The Bertz CT molecular complexity index is 300. The van der Waals surface area contributed by atoms with Crippen LogP contribution in [0.4, 0.5) is 0 Å². The van der Waals surface area contributed by atoms with Crippen LogP contribution < -0.4 is 0 Å². The molecule has 1 aromatic carbocycles. The van der Waals surface area contributed by atoms with Crippen molar-refractivity contribution in [2.24, 2.45) is 0 Å². The molecule has 64 valence electrons. The van der Waals surface area contributed by atoms with Crippen molar-refractivity contribution in [3.8, 4) is 0 Å². The van der Waals surface area contributed by atoms with Gasteiger partial charge in [0.2, 0.25) is 0 Å². The second-order valence-electron chi connectivity index (χ2n) is 3.17. The fourth-order valence-electron chi connectivity index (χ4n) is 1.41. The van der Waals surface area contributed by atoms with Crippen molar-refractivity contribution in [2.45, 2.75) is 27.2 Å². The lowest BCUT2D eigenvalue weighted by Crippen LogP contribution is -1.96. The fourth-order valence-corrected chi connectivity index (χ4v) is 1.41.